The van der Waals surface area contributed by atoms with Crippen molar-refractivity contribution >= 4 is 0 Å². The molecule has 3 rings (SSSR count). The Morgan fingerprint density at radius 1 is 0.933 bits per heavy atom. The van der Waals surface area contributed by atoms with Gasteiger partial charge < -0.3 is 0 Å². The van der Waals surface area contributed by atoms with E-state index in [1.807, 2.05) is 0 Å². The van der Waals surface area contributed by atoms with Crippen LogP contribution >= 0.6 is 0 Å². The molecule has 3 aliphatic rings. The standard InChI is InChI=1S/C11H22N4/c1-10(2)12-14(10)8-9-15-11(13-15)6-4-3-5-7-11/h12-13H,3-9H2,1-2H3. The van der Waals surface area contributed by atoms with E-state index >= 15 is 0 Å². The van der Waals surface area contributed by atoms with E-state index in [9.17, 15) is 0 Å². The predicted molar refractivity (Wildman–Crippen MR) is 59.6 cm³/mol. The fraction of sp³-hybridized carbons (Fsp3) is 1.00. The third-order valence-electron chi connectivity index (χ3n) is 4.07. The Kier molecular flexibility index (Phi) is 2.12. The minimum atomic E-state index is 0.246. The molecule has 0 radical (unpaired) electrons. The van der Waals surface area contributed by atoms with Crippen LogP contribution in [-0.2, 0) is 0 Å². The van der Waals surface area contributed by atoms with Gasteiger partial charge in [-0.1, -0.05) is 19.3 Å². The Morgan fingerprint density at radius 3 is 2.13 bits per heavy atom. The highest BCUT2D eigenvalue weighted by molar-refractivity contribution is 5.00. The summed E-state index contributed by atoms with van der Waals surface area (Å²) in [7, 11) is 0. The number of rotatable bonds is 3. The molecule has 1 saturated carbocycles. The maximum Gasteiger partial charge on any atom is 0.0974 e. The van der Waals surface area contributed by atoms with Gasteiger partial charge in [-0.2, -0.15) is 0 Å². The largest absolute Gasteiger partial charge is 0.233 e. The number of hydrogen-bond acceptors (Lipinski definition) is 4. The van der Waals surface area contributed by atoms with Crippen LogP contribution < -0.4 is 10.9 Å². The summed E-state index contributed by atoms with van der Waals surface area (Å²) in [5, 5.41) is 4.76. The van der Waals surface area contributed by atoms with Gasteiger partial charge in [0.2, 0.25) is 0 Å². The molecule has 2 saturated heterocycles. The molecule has 2 unspecified atom stereocenters. The van der Waals surface area contributed by atoms with E-state index < -0.39 is 0 Å². The Balaban J connectivity index is 1.43. The summed E-state index contributed by atoms with van der Waals surface area (Å²) < 4.78 is 0. The molecule has 1 spiro atoms. The summed E-state index contributed by atoms with van der Waals surface area (Å²) in [5.41, 5.74) is 7.60. The van der Waals surface area contributed by atoms with E-state index in [1.54, 1.807) is 0 Å². The number of nitrogens with zero attached hydrogens (tertiary/aromatic N) is 2. The van der Waals surface area contributed by atoms with Gasteiger partial charge in [-0.25, -0.2) is 20.9 Å². The Morgan fingerprint density at radius 2 is 1.53 bits per heavy atom. The van der Waals surface area contributed by atoms with E-state index in [4.69, 9.17) is 0 Å². The monoisotopic (exact) mass is 210 g/mol. The lowest BCUT2D eigenvalue weighted by atomic mass is 9.92. The van der Waals surface area contributed by atoms with Crippen LogP contribution in [0.1, 0.15) is 46.0 Å². The highest BCUT2D eigenvalue weighted by atomic mass is 15.8. The first-order valence-electron chi connectivity index (χ1n) is 6.23. The van der Waals surface area contributed by atoms with Crippen molar-refractivity contribution < 1.29 is 0 Å². The van der Waals surface area contributed by atoms with Gasteiger partial charge in [-0.3, -0.25) is 0 Å². The Labute approximate surface area is 91.9 Å². The first kappa shape index (κ1) is 10.0. The Hall–Kier alpha value is -0.160. The molecule has 0 aromatic carbocycles. The third-order valence-corrected chi connectivity index (χ3v) is 4.07. The zero-order chi connectivity index (χ0) is 10.5. The number of nitrogens with one attached hydrogen (secondary N) is 2. The van der Waals surface area contributed by atoms with Gasteiger partial charge in [0.05, 0.1) is 11.3 Å². The van der Waals surface area contributed by atoms with Crippen LogP contribution in [0.5, 0.6) is 0 Å². The summed E-state index contributed by atoms with van der Waals surface area (Å²) in [5.74, 6) is 0. The van der Waals surface area contributed by atoms with Crippen LogP contribution in [-0.4, -0.2) is 34.4 Å². The second-order valence-corrected chi connectivity index (χ2v) is 5.68. The maximum absolute atomic E-state index is 3.57. The van der Waals surface area contributed by atoms with Crippen molar-refractivity contribution in [2.75, 3.05) is 13.1 Å². The van der Waals surface area contributed by atoms with E-state index in [1.165, 1.54) is 32.1 Å². The SMILES string of the molecule is CC1(C)NN1CCN1NC12CCCCC2. The zero-order valence-corrected chi connectivity index (χ0v) is 9.84. The summed E-state index contributed by atoms with van der Waals surface area (Å²) >= 11 is 0. The topological polar surface area (TPSA) is 49.9 Å². The lowest BCUT2D eigenvalue weighted by molar-refractivity contribution is 0.289. The molecule has 2 atom stereocenters. The highest BCUT2D eigenvalue weighted by Gasteiger charge is 2.52. The molecule has 0 aromatic heterocycles. The Bertz CT molecular complexity index is 257. The fourth-order valence-electron chi connectivity index (χ4n) is 2.86. The lowest BCUT2D eigenvalue weighted by Crippen LogP contribution is -2.26. The zero-order valence-electron chi connectivity index (χ0n) is 9.84. The normalized spacial score (nSPS) is 40.4. The summed E-state index contributed by atoms with van der Waals surface area (Å²) in [6, 6.07) is 0. The third kappa shape index (κ3) is 1.80. The summed E-state index contributed by atoms with van der Waals surface area (Å²) in [4.78, 5) is 0. The van der Waals surface area contributed by atoms with Crippen molar-refractivity contribution in [2.24, 2.45) is 0 Å². The molecule has 0 amide bonds. The van der Waals surface area contributed by atoms with Crippen molar-refractivity contribution in [3.8, 4) is 0 Å². The van der Waals surface area contributed by atoms with Crippen LogP contribution in [0, 0.1) is 0 Å². The molecular weight excluding hydrogens is 188 g/mol. The summed E-state index contributed by atoms with van der Waals surface area (Å²) in [6.07, 6.45) is 6.93. The van der Waals surface area contributed by atoms with Crippen molar-refractivity contribution in [1.29, 1.82) is 0 Å². The predicted octanol–water partition coefficient (Wildman–Crippen LogP) is 1.02. The minimum absolute atomic E-state index is 0.246. The second-order valence-electron chi connectivity index (χ2n) is 5.68. The van der Waals surface area contributed by atoms with Crippen LogP contribution in [0.15, 0.2) is 0 Å². The second kappa shape index (κ2) is 3.17. The molecule has 2 aliphatic heterocycles. The molecule has 3 fully saturated rings. The molecule has 1 aliphatic carbocycles. The van der Waals surface area contributed by atoms with Crippen molar-refractivity contribution in [3.63, 3.8) is 0 Å². The van der Waals surface area contributed by atoms with Gasteiger partial charge in [0.15, 0.2) is 0 Å². The molecule has 4 heteroatoms. The van der Waals surface area contributed by atoms with Crippen molar-refractivity contribution in [1.82, 2.24) is 20.9 Å². The molecule has 86 valence electrons. The minimum Gasteiger partial charge on any atom is -0.233 e. The van der Waals surface area contributed by atoms with Gasteiger partial charge in [0, 0.05) is 13.1 Å². The number of hydrogen-bond donors (Lipinski definition) is 2. The molecule has 2 heterocycles. The van der Waals surface area contributed by atoms with E-state index in [-0.39, 0.29) is 5.66 Å². The van der Waals surface area contributed by atoms with Gasteiger partial charge in [0.25, 0.3) is 0 Å². The van der Waals surface area contributed by atoms with Gasteiger partial charge in [-0.15, -0.1) is 0 Å². The van der Waals surface area contributed by atoms with Crippen LogP contribution in [0.25, 0.3) is 0 Å². The lowest BCUT2D eigenvalue weighted by Gasteiger charge is -2.19. The first-order chi connectivity index (χ1) is 7.12. The highest BCUT2D eigenvalue weighted by Crippen LogP contribution is 2.39. The van der Waals surface area contributed by atoms with Crippen LogP contribution in [0.2, 0.25) is 0 Å². The maximum atomic E-state index is 3.57. The molecule has 2 N–H and O–H groups in total. The fourth-order valence-corrected chi connectivity index (χ4v) is 2.86. The molecular formula is C11H22N4. The van der Waals surface area contributed by atoms with Gasteiger partial charge in [0.1, 0.15) is 0 Å². The van der Waals surface area contributed by atoms with Gasteiger partial charge in [-0.05, 0) is 26.7 Å². The van der Waals surface area contributed by atoms with Crippen LogP contribution in [0.3, 0.4) is 0 Å². The van der Waals surface area contributed by atoms with Crippen LogP contribution in [0.4, 0.5) is 0 Å². The molecule has 4 nitrogen and oxygen atoms in total. The quantitative estimate of drug-likeness (QED) is 0.683. The molecule has 0 bridgehead atoms. The van der Waals surface area contributed by atoms with E-state index in [2.05, 4.69) is 34.7 Å². The number of hydrazine groups is 2. The first-order valence-corrected chi connectivity index (χ1v) is 6.23. The van der Waals surface area contributed by atoms with Crippen molar-refractivity contribution in [2.45, 2.75) is 57.3 Å². The summed E-state index contributed by atoms with van der Waals surface area (Å²) in [6.45, 7) is 6.72. The molecule has 15 heavy (non-hydrogen) atoms. The van der Waals surface area contributed by atoms with E-state index in [0.29, 0.717) is 5.66 Å². The van der Waals surface area contributed by atoms with E-state index in [0.717, 1.165) is 13.1 Å². The van der Waals surface area contributed by atoms with Gasteiger partial charge >= 0.3 is 0 Å². The molecule has 0 aromatic rings. The van der Waals surface area contributed by atoms with Crippen molar-refractivity contribution in [3.05, 3.63) is 0 Å². The average Bonchev–Trinajstić information content (AvgIpc) is 3.03. The smallest absolute Gasteiger partial charge is 0.0974 e. The average molecular weight is 210 g/mol.